The summed E-state index contributed by atoms with van der Waals surface area (Å²) in [6, 6.07) is 1.31. The standard InChI is InChI=1S/C10H9F3N2O2/c11-10(12,13)7-2-1-6-3-8(15(16)17)5-14-9(6)4-7/h3,5,7H,1-2,4H2. The van der Waals surface area contributed by atoms with E-state index in [0.29, 0.717) is 11.3 Å². The van der Waals surface area contributed by atoms with E-state index >= 15 is 0 Å². The van der Waals surface area contributed by atoms with Crippen LogP contribution < -0.4 is 0 Å². The van der Waals surface area contributed by atoms with Crippen molar-refractivity contribution in [2.24, 2.45) is 5.92 Å². The summed E-state index contributed by atoms with van der Waals surface area (Å²) in [6.45, 7) is 0. The summed E-state index contributed by atoms with van der Waals surface area (Å²) in [5, 5.41) is 10.5. The molecule has 92 valence electrons. The SMILES string of the molecule is O=[N+]([O-])c1cnc2c(c1)CCC(C(F)(F)F)C2. The van der Waals surface area contributed by atoms with Gasteiger partial charge in [0.15, 0.2) is 0 Å². The molecule has 17 heavy (non-hydrogen) atoms. The van der Waals surface area contributed by atoms with Crippen LogP contribution in [0, 0.1) is 16.0 Å². The van der Waals surface area contributed by atoms with Crippen molar-refractivity contribution in [3.63, 3.8) is 0 Å². The summed E-state index contributed by atoms with van der Waals surface area (Å²) in [6.07, 6.45) is -3.23. The fourth-order valence-corrected chi connectivity index (χ4v) is 1.97. The predicted octanol–water partition coefficient (Wildman–Crippen LogP) is 2.66. The smallest absolute Gasteiger partial charge is 0.258 e. The quantitative estimate of drug-likeness (QED) is 0.565. The highest BCUT2D eigenvalue weighted by atomic mass is 19.4. The molecular weight excluding hydrogens is 237 g/mol. The number of hydrogen-bond acceptors (Lipinski definition) is 3. The molecule has 1 aliphatic rings. The summed E-state index contributed by atoms with van der Waals surface area (Å²) in [5.74, 6) is -1.39. The van der Waals surface area contributed by atoms with Gasteiger partial charge < -0.3 is 0 Å². The van der Waals surface area contributed by atoms with Crippen molar-refractivity contribution in [3.05, 3.63) is 33.6 Å². The molecule has 0 saturated heterocycles. The molecule has 1 atom stereocenters. The molecule has 7 heteroatoms. The van der Waals surface area contributed by atoms with Gasteiger partial charge >= 0.3 is 6.18 Å². The minimum absolute atomic E-state index is 0.0284. The summed E-state index contributed by atoms with van der Waals surface area (Å²) in [5.41, 5.74) is 0.707. The number of fused-ring (bicyclic) bond motifs is 1. The maximum atomic E-state index is 12.5. The van der Waals surface area contributed by atoms with Gasteiger partial charge in [0.05, 0.1) is 10.8 Å². The number of aryl methyl sites for hydroxylation is 1. The normalized spacial score (nSPS) is 19.8. The van der Waals surface area contributed by atoms with Crippen molar-refractivity contribution >= 4 is 5.69 Å². The third-order valence-electron chi connectivity index (χ3n) is 2.92. The molecule has 1 aromatic heterocycles. The van der Waals surface area contributed by atoms with Gasteiger partial charge in [-0.05, 0) is 18.4 Å². The van der Waals surface area contributed by atoms with Gasteiger partial charge in [0.25, 0.3) is 5.69 Å². The lowest BCUT2D eigenvalue weighted by Gasteiger charge is -2.25. The van der Waals surface area contributed by atoms with Gasteiger partial charge in [-0.1, -0.05) is 0 Å². The summed E-state index contributed by atoms with van der Waals surface area (Å²) in [7, 11) is 0. The second kappa shape index (κ2) is 3.97. The summed E-state index contributed by atoms with van der Waals surface area (Å²) in [4.78, 5) is 13.7. The van der Waals surface area contributed by atoms with Gasteiger partial charge in [0.2, 0.25) is 0 Å². The topological polar surface area (TPSA) is 56.0 Å². The predicted molar refractivity (Wildman–Crippen MR) is 52.5 cm³/mol. The summed E-state index contributed by atoms with van der Waals surface area (Å²) >= 11 is 0. The van der Waals surface area contributed by atoms with Crippen LogP contribution in [0.3, 0.4) is 0 Å². The number of aromatic nitrogens is 1. The second-order valence-electron chi connectivity index (χ2n) is 4.04. The second-order valence-corrected chi connectivity index (χ2v) is 4.04. The first-order chi connectivity index (χ1) is 7.88. The van der Waals surface area contributed by atoms with Crippen LogP contribution in [0.4, 0.5) is 18.9 Å². The van der Waals surface area contributed by atoms with Crippen molar-refractivity contribution in [3.8, 4) is 0 Å². The maximum absolute atomic E-state index is 12.5. The lowest BCUT2D eigenvalue weighted by Crippen LogP contribution is -2.29. The average molecular weight is 246 g/mol. The molecule has 0 spiro atoms. The largest absolute Gasteiger partial charge is 0.392 e. The number of nitro groups is 1. The van der Waals surface area contributed by atoms with Crippen LogP contribution >= 0.6 is 0 Å². The van der Waals surface area contributed by atoms with E-state index in [2.05, 4.69) is 4.98 Å². The zero-order valence-electron chi connectivity index (χ0n) is 8.70. The molecule has 1 aliphatic carbocycles. The molecule has 1 aromatic rings. The molecule has 4 nitrogen and oxygen atoms in total. The Morgan fingerprint density at radius 3 is 2.76 bits per heavy atom. The number of hydrogen-bond donors (Lipinski definition) is 0. The Morgan fingerprint density at radius 1 is 1.47 bits per heavy atom. The van der Waals surface area contributed by atoms with Crippen molar-refractivity contribution in [2.45, 2.75) is 25.4 Å². The highest BCUT2D eigenvalue weighted by Gasteiger charge is 2.41. The number of rotatable bonds is 1. The fourth-order valence-electron chi connectivity index (χ4n) is 1.97. The van der Waals surface area contributed by atoms with Gasteiger partial charge in [-0.15, -0.1) is 0 Å². The summed E-state index contributed by atoms with van der Waals surface area (Å²) < 4.78 is 37.5. The Kier molecular flexibility index (Phi) is 2.76. The van der Waals surface area contributed by atoms with Crippen LogP contribution in [0.5, 0.6) is 0 Å². The molecule has 0 aromatic carbocycles. The molecule has 0 bridgehead atoms. The van der Waals surface area contributed by atoms with Crippen LogP contribution in [0.2, 0.25) is 0 Å². The lowest BCUT2D eigenvalue weighted by molar-refractivity contribution is -0.385. The number of alkyl halides is 3. The van der Waals surface area contributed by atoms with Gasteiger partial charge in [-0.25, -0.2) is 0 Å². The Balaban J connectivity index is 2.26. The van der Waals surface area contributed by atoms with Crippen LogP contribution in [0.1, 0.15) is 17.7 Å². The highest BCUT2D eigenvalue weighted by Crippen LogP contribution is 2.36. The van der Waals surface area contributed by atoms with E-state index in [9.17, 15) is 23.3 Å². The Hall–Kier alpha value is -1.66. The Labute approximate surface area is 94.6 Å². The van der Waals surface area contributed by atoms with E-state index in [1.54, 1.807) is 0 Å². The van der Waals surface area contributed by atoms with Crippen molar-refractivity contribution in [1.29, 1.82) is 0 Å². The molecule has 0 aliphatic heterocycles. The minimum atomic E-state index is -4.22. The zero-order chi connectivity index (χ0) is 12.6. The molecule has 1 heterocycles. The third-order valence-corrected chi connectivity index (χ3v) is 2.92. The van der Waals surface area contributed by atoms with Crippen LogP contribution in [0.15, 0.2) is 12.3 Å². The van der Waals surface area contributed by atoms with Gasteiger partial charge in [0, 0.05) is 18.2 Å². The van der Waals surface area contributed by atoms with E-state index in [1.807, 2.05) is 0 Å². The minimum Gasteiger partial charge on any atom is -0.258 e. The molecule has 0 amide bonds. The average Bonchev–Trinajstić information content (AvgIpc) is 2.26. The first-order valence-electron chi connectivity index (χ1n) is 5.07. The third kappa shape index (κ3) is 2.37. The number of pyridine rings is 1. The van der Waals surface area contributed by atoms with E-state index < -0.39 is 17.0 Å². The van der Waals surface area contributed by atoms with Gasteiger partial charge in [-0.2, -0.15) is 13.2 Å². The van der Waals surface area contributed by atoms with Gasteiger partial charge in [0.1, 0.15) is 6.20 Å². The van der Waals surface area contributed by atoms with Crippen molar-refractivity contribution < 1.29 is 18.1 Å². The van der Waals surface area contributed by atoms with Crippen molar-refractivity contribution in [2.75, 3.05) is 0 Å². The lowest BCUT2D eigenvalue weighted by atomic mass is 9.86. The van der Waals surface area contributed by atoms with Crippen molar-refractivity contribution in [1.82, 2.24) is 4.98 Å². The van der Waals surface area contributed by atoms with E-state index in [0.717, 1.165) is 6.20 Å². The Morgan fingerprint density at radius 2 is 2.18 bits per heavy atom. The van der Waals surface area contributed by atoms with Crippen LogP contribution in [0.25, 0.3) is 0 Å². The fraction of sp³-hybridized carbons (Fsp3) is 0.500. The molecule has 2 rings (SSSR count). The maximum Gasteiger partial charge on any atom is 0.392 e. The van der Waals surface area contributed by atoms with E-state index in [4.69, 9.17) is 0 Å². The van der Waals surface area contributed by atoms with E-state index in [1.165, 1.54) is 6.07 Å². The highest BCUT2D eigenvalue weighted by molar-refractivity contribution is 5.35. The molecular formula is C10H9F3N2O2. The molecule has 0 radical (unpaired) electrons. The van der Waals surface area contributed by atoms with E-state index in [-0.39, 0.29) is 24.9 Å². The zero-order valence-corrected chi connectivity index (χ0v) is 8.70. The molecule has 0 fully saturated rings. The number of halogens is 3. The molecule has 0 saturated carbocycles. The van der Waals surface area contributed by atoms with Crippen LogP contribution in [-0.2, 0) is 12.8 Å². The Bertz CT molecular complexity index is 459. The van der Waals surface area contributed by atoms with Crippen LogP contribution in [-0.4, -0.2) is 16.1 Å². The molecule has 1 unspecified atom stereocenters. The molecule has 0 N–H and O–H groups in total. The number of nitrogens with zero attached hydrogens (tertiary/aromatic N) is 2. The monoisotopic (exact) mass is 246 g/mol. The first-order valence-corrected chi connectivity index (χ1v) is 5.07. The first kappa shape index (κ1) is 11.8. The van der Waals surface area contributed by atoms with Gasteiger partial charge in [-0.3, -0.25) is 15.1 Å².